The molecule has 1 aliphatic rings. The average Bonchev–Trinajstić information content (AvgIpc) is 2.07. The lowest BCUT2D eigenvalue weighted by atomic mass is 9.84. The van der Waals surface area contributed by atoms with Crippen LogP contribution in [0.2, 0.25) is 0 Å². The molecular formula is C11H14O. The van der Waals surface area contributed by atoms with E-state index in [-0.39, 0.29) is 0 Å². The van der Waals surface area contributed by atoms with Gasteiger partial charge in [-0.3, -0.25) is 0 Å². The third kappa shape index (κ3) is 1.20. The molecule has 12 heavy (non-hydrogen) atoms. The van der Waals surface area contributed by atoms with Crippen LogP contribution in [-0.2, 0) is 12.8 Å². The van der Waals surface area contributed by atoms with Crippen LogP contribution in [0.3, 0.4) is 0 Å². The molecule has 0 saturated heterocycles. The van der Waals surface area contributed by atoms with E-state index in [9.17, 15) is 5.11 Å². The maximum Gasteiger partial charge on any atom is 0.119 e. The number of aromatic hydroxyl groups is 1. The molecule has 64 valence electrons. The lowest BCUT2D eigenvalue weighted by Gasteiger charge is -2.21. The average molecular weight is 162 g/mol. The van der Waals surface area contributed by atoms with E-state index in [0.29, 0.717) is 5.75 Å². The molecule has 0 fully saturated rings. The summed E-state index contributed by atoms with van der Waals surface area (Å²) in [6.45, 7) is 2.25. The largest absolute Gasteiger partial charge is 0.508 e. The van der Waals surface area contributed by atoms with E-state index in [1.54, 1.807) is 6.07 Å². The summed E-state index contributed by atoms with van der Waals surface area (Å²) in [5, 5.41) is 9.57. The fourth-order valence-corrected chi connectivity index (χ4v) is 1.94. The number of phenolic OH excluding ortho intramolecular Hbond substituents is 1. The summed E-state index contributed by atoms with van der Waals surface area (Å²) in [5.41, 5.74) is 2.52. The molecule has 1 aliphatic carbocycles. The summed E-state index contributed by atoms with van der Waals surface area (Å²) in [5.74, 6) is 1.21. The van der Waals surface area contributed by atoms with Gasteiger partial charge in [0.25, 0.3) is 0 Å². The first-order valence-corrected chi connectivity index (χ1v) is 4.57. The number of aryl methyl sites for hydroxylation is 1. The number of rotatable bonds is 0. The summed E-state index contributed by atoms with van der Waals surface area (Å²) in [6.07, 6.45) is 3.43. The molecule has 0 heterocycles. The Morgan fingerprint density at radius 2 is 2.25 bits per heavy atom. The van der Waals surface area contributed by atoms with Crippen molar-refractivity contribution in [2.75, 3.05) is 0 Å². The molecule has 1 atom stereocenters. The van der Waals surface area contributed by atoms with E-state index < -0.39 is 0 Å². The number of phenols is 1. The number of hydrogen-bond acceptors (Lipinski definition) is 1. The highest BCUT2D eigenvalue weighted by atomic mass is 16.3. The Balaban J connectivity index is 2.43. The SMILES string of the molecule is CC1CCc2cccc(O)c2C1. The van der Waals surface area contributed by atoms with E-state index in [1.165, 1.54) is 17.5 Å². The maximum atomic E-state index is 9.57. The van der Waals surface area contributed by atoms with Crippen molar-refractivity contribution in [1.82, 2.24) is 0 Å². The number of hydrogen-bond donors (Lipinski definition) is 1. The summed E-state index contributed by atoms with van der Waals surface area (Å²) in [7, 11) is 0. The van der Waals surface area contributed by atoms with Gasteiger partial charge in [-0.15, -0.1) is 0 Å². The third-order valence-electron chi connectivity index (χ3n) is 2.71. The van der Waals surface area contributed by atoms with Gasteiger partial charge in [0.05, 0.1) is 0 Å². The van der Waals surface area contributed by atoms with Crippen molar-refractivity contribution in [2.45, 2.75) is 26.2 Å². The van der Waals surface area contributed by atoms with Crippen LogP contribution in [0, 0.1) is 5.92 Å². The maximum absolute atomic E-state index is 9.57. The van der Waals surface area contributed by atoms with Crippen LogP contribution in [0.15, 0.2) is 18.2 Å². The topological polar surface area (TPSA) is 20.2 Å². The smallest absolute Gasteiger partial charge is 0.119 e. The lowest BCUT2D eigenvalue weighted by molar-refractivity contribution is 0.439. The van der Waals surface area contributed by atoms with Crippen molar-refractivity contribution >= 4 is 0 Å². The highest BCUT2D eigenvalue weighted by molar-refractivity contribution is 5.40. The highest BCUT2D eigenvalue weighted by Crippen LogP contribution is 2.30. The Labute approximate surface area is 73.0 Å². The predicted molar refractivity (Wildman–Crippen MR) is 49.3 cm³/mol. The molecule has 0 saturated carbocycles. The molecule has 1 N–H and O–H groups in total. The predicted octanol–water partition coefficient (Wildman–Crippen LogP) is 2.52. The Kier molecular flexibility index (Phi) is 1.80. The van der Waals surface area contributed by atoms with Gasteiger partial charge in [0.2, 0.25) is 0 Å². The highest BCUT2D eigenvalue weighted by Gasteiger charge is 2.16. The fraction of sp³-hybridized carbons (Fsp3) is 0.455. The van der Waals surface area contributed by atoms with Crippen molar-refractivity contribution in [2.24, 2.45) is 5.92 Å². The van der Waals surface area contributed by atoms with Gasteiger partial charge < -0.3 is 5.11 Å². The standard InChI is InChI=1S/C11H14O/c1-8-5-6-9-3-2-4-11(12)10(9)7-8/h2-4,8,12H,5-7H2,1H3. The molecule has 1 aromatic carbocycles. The number of fused-ring (bicyclic) bond motifs is 1. The molecule has 1 nitrogen and oxygen atoms in total. The zero-order valence-corrected chi connectivity index (χ0v) is 7.38. The summed E-state index contributed by atoms with van der Waals surface area (Å²) in [6, 6.07) is 5.85. The number of benzene rings is 1. The van der Waals surface area contributed by atoms with E-state index in [4.69, 9.17) is 0 Å². The molecule has 1 unspecified atom stereocenters. The van der Waals surface area contributed by atoms with Crippen LogP contribution >= 0.6 is 0 Å². The zero-order chi connectivity index (χ0) is 8.55. The lowest BCUT2D eigenvalue weighted by Crippen LogP contribution is -2.10. The van der Waals surface area contributed by atoms with Crippen molar-refractivity contribution in [3.05, 3.63) is 29.3 Å². The minimum Gasteiger partial charge on any atom is -0.508 e. The fourth-order valence-electron chi connectivity index (χ4n) is 1.94. The van der Waals surface area contributed by atoms with Gasteiger partial charge in [-0.1, -0.05) is 19.1 Å². The van der Waals surface area contributed by atoms with E-state index in [2.05, 4.69) is 13.0 Å². The van der Waals surface area contributed by atoms with Crippen molar-refractivity contribution in [3.63, 3.8) is 0 Å². The third-order valence-corrected chi connectivity index (χ3v) is 2.71. The second-order valence-corrected chi connectivity index (χ2v) is 3.76. The minimum atomic E-state index is 0.485. The first kappa shape index (κ1) is 7.66. The van der Waals surface area contributed by atoms with Crippen LogP contribution in [0.4, 0.5) is 0 Å². The molecule has 1 heteroatoms. The van der Waals surface area contributed by atoms with Crippen molar-refractivity contribution < 1.29 is 5.11 Å². The van der Waals surface area contributed by atoms with Gasteiger partial charge in [0, 0.05) is 0 Å². The van der Waals surface area contributed by atoms with Crippen LogP contribution in [0.25, 0.3) is 0 Å². The van der Waals surface area contributed by atoms with E-state index >= 15 is 0 Å². The molecule has 1 aromatic rings. The molecule has 0 bridgehead atoms. The summed E-state index contributed by atoms with van der Waals surface area (Å²) >= 11 is 0. The van der Waals surface area contributed by atoms with Gasteiger partial charge in [0.1, 0.15) is 5.75 Å². The molecule has 0 amide bonds. The molecule has 0 radical (unpaired) electrons. The van der Waals surface area contributed by atoms with Gasteiger partial charge in [-0.25, -0.2) is 0 Å². The van der Waals surface area contributed by atoms with Crippen molar-refractivity contribution in [3.8, 4) is 5.75 Å². The van der Waals surface area contributed by atoms with Crippen molar-refractivity contribution in [1.29, 1.82) is 0 Å². The van der Waals surface area contributed by atoms with Gasteiger partial charge >= 0.3 is 0 Å². The monoisotopic (exact) mass is 162 g/mol. The Morgan fingerprint density at radius 1 is 1.42 bits per heavy atom. The van der Waals surface area contributed by atoms with E-state index in [0.717, 1.165) is 18.8 Å². The quantitative estimate of drug-likeness (QED) is 0.621. The molecule has 2 rings (SSSR count). The molecule has 0 aliphatic heterocycles. The molecule has 0 spiro atoms. The summed E-state index contributed by atoms with van der Waals surface area (Å²) in [4.78, 5) is 0. The Bertz CT molecular complexity index is 291. The molecular weight excluding hydrogens is 148 g/mol. The van der Waals surface area contributed by atoms with E-state index in [1.807, 2.05) is 6.07 Å². The van der Waals surface area contributed by atoms with Crippen LogP contribution in [0.1, 0.15) is 24.5 Å². The Morgan fingerprint density at radius 3 is 3.08 bits per heavy atom. The van der Waals surface area contributed by atoms with Gasteiger partial charge in [0.15, 0.2) is 0 Å². The van der Waals surface area contributed by atoms with Gasteiger partial charge in [-0.05, 0) is 42.4 Å². The van der Waals surface area contributed by atoms with Crippen LogP contribution in [-0.4, -0.2) is 5.11 Å². The zero-order valence-electron chi connectivity index (χ0n) is 7.38. The minimum absolute atomic E-state index is 0.485. The second-order valence-electron chi connectivity index (χ2n) is 3.76. The van der Waals surface area contributed by atoms with Crippen LogP contribution < -0.4 is 0 Å². The Hall–Kier alpha value is -0.980. The van der Waals surface area contributed by atoms with Crippen LogP contribution in [0.5, 0.6) is 5.75 Å². The first-order chi connectivity index (χ1) is 5.77. The molecule has 0 aromatic heterocycles. The van der Waals surface area contributed by atoms with Gasteiger partial charge in [-0.2, -0.15) is 0 Å². The summed E-state index contributed by atoms with van der Waals surface area (Å²) < 4.78 is 0. The first-order valence-electron chi connectivity index (χ1n) is 4.57. The normalized spacial score (nSPS) is 21.9. The second kappa shape index (κ2) is 2.81.